The Morgan fingerprint density at radius 3 is 2.95 bits per heavy atom. The van der Waals surface area contributed by atoms with Crippen molar-refractivity contribution in [1.82, 2.24) is 14.6 Å². The summed E-state index contributed by atoms with van der Waals surface area (Å²) in [6.07, 6.45) is 0.104. The van der Waals surface area contributed by atoms with E-state index in [-0.39, 0.29) is 12.1 Å². The highest BCUT2D eigenvalue weighted by molar-refractivity contribution is 5.68. The molecule has 21 heavy (non-hydrogen) atoms. The molecule has 0 radical (unpaired) electrons. The lowest BCUT2D eigenvalue weighted by molar-refractivity contribution is -0.141. The third-order valence-electron chi connectivity index (χ3n) is 3.51. The van der Waals surface area contributed by atoms with Gasteiger partial charge in [0.1, 0.15) is 5.52 Å². The van der Waals surface area contributed by atoms with Crippen molar-refractivity contribution in [3.8, 4) is 0 Å². The fourth-order valence-corrected chi connectivity index (χ4v) is 2.49. The van der Waals surface area contributed by atoms with E-state index < -0.39 is 11.9 Å². The molecule has 0 aliphatic carbocycles. The summed E-state index contributed by atoms with van der Waals surface area (Å²) in [6.45, 7) is 2.61. The molecule has 1 N–H and O–H groups in total. The number of hydrogen-bond donors (Lipinski definition) is 1. The molecule has 1 saturated heterocycles. The van der Waals surface area contributed by atoms with Crippen LogP contribution in [-0.4, -0.2) is 33.4 Å². The molecule has 1 aliphatic rings. The Labute approximate surface area is 119 Å². The van der Waals surface area contributed by atoms with Crippen LogP contribution in [0, 0.1) is 0 Å². The number of aromatic nitrogens is 3. The molecule has 2 aromatic heterocycles. The zero-order valence-corrected chi connectivity index (χ0v) is 11.4. The molecule has 5 nitrogen and oxygen atoms in total. The van der Waals surface area contributed by atoms with E-state index in [2.05, 4.69) is 15.4 Å². The fourth-order valence-electron chi connectivity index (χ4n) is 2.49. The van der Waals surface area contributed by atoms with Gasteiger partial charge in [0.2, 0.25) is 0 Å². The Balaban J connectivity index is 1.89. The highest BCUT2D eigenvalue weighted by Crippen LogP contribution is 2.30. The van der Waals surface area contributed by atoms with Crippen molar-refractivity contribution in [2.24, 2.45) is 0 Å². The third kappa shape index (κ3) is 2.94. The Hall–Kier alpha value is -1.83. The minimum Gasteiger partial charge on any atom is -0.378 e. The van der Waals surface area contributed by atoms with Gasteiger partial charge in [-0.1, -0.05) is 0 Å². The largest absolute Gasteiger partial charge is 0.435 e. The molecule has 0 bridgehead atoms. The van der Waals surface area contributed by atoms with E-state index in [1.54, 1.807) is 0 Å². The summed E-state index contributed by atoms with van der Waals surface area (Å²) < 4.78 is 44.9. The summed E-state index contributed by atoms with van der Waals surface area (Å²) in [6, 6.07) is 1.15. The number of ether oxygens (including phenoxy) is 1. The van der Waals surface area contributed by atoms with E-state index in [1.807, 2.05) is 6.92 Å². The molecular weight excluding hydrogens is 285 g/mol. The Morgan fingerprint density at radius 1 is 1.43 bits per heavy atom. The van der Waals surface area contributed by atoms with Crippen LogP contribution in [0.2, 0.25) is 0 Å². The number of hydrogen-bond acceptors (Lipinski definition) is 4. The van der Waals surface area contributed by atoms with Crippen LogP contribution in [0.15, 0.2) is 18.5 Å². The lowest BCUT2D eigenvalue weighted by atomic mass is 10.0. The topological polar surface area (TPSA) is 51.5 Å². The molecule has 2 atom stereocenters. The number of alkyl halides is 3. The smallest absolute Gasteiger partial charge is 0.378 e. The number of nitrogens with one attached hydrogen (secondary N) is 1. The van der Waals surface area contributed by atoms with Crippen LogP contribution in [0.1, 0.15) is 25.5 Å². The summed E-state index contributed by atoms with van der Waals surface area (Å²) in [5.74, 6) is 0.416. The van der Waals surface area contributed by atoms with E-state index in [9.17, 15) is 13.2 Å². The minimum atomic E-state index is -4.46. The average Bonchev–Trinajstić information content (AvgIpc) is 2.84. The van der Waals surface area contributed by atoms with Crippen molar-refractivity contribution in [2.75, 3.05) is 11.9 Å². The number of nitrogens with zero attached hydrogens (tertiary/aromatic N) is 3. The molecule has 3 heterocycles. The predicted octanol–water partition coefficient (Wildman–Crippen LogP) is 2.73. The average molecular weight is 300 g/mol. The zero-order valence-electron chi connectivity index (χ0n) is 11.4. The van der Waals surface area contributed by atoms with Crippen molar-refractivity contribution in [3.05, 3.63) is 24.2 Å². The van der Waals surface area contributed by atoms with Gasteiger partial charge in [-0.2, -0.15) is 18.3 Å². The van der Waals surface area contributed by atoms with E-state index in [1.165, 1.54) is 16.9 Å². The summed E-state index contributed by atoms with van der Waals surface area (Å²) in [4.78, 5) is 4.14. The Kier molecular flexibility index (Phi) is 3.48. The maximum Gasteiger partial charge on any atom is 0.435 e. The first-order chi connectivity index (χ1) is 9.93. The van der Waals surface area contributed by atoms with Gasteiger partial charge in [0.05, 0.1) is 6.10 Å². The molecular formula is C13H15F3N4O. The molecule has 114 valence electrons. The van der Waals surface area contributed by atoms with E-state index in [4.69, 9.17) is 4.74 Å². The molecule has 2 aromatic rings. The molecule has 1 aliphatic heterocycles. The molecule has 0 spiro atoms. The van der Waals surface area contributed by atoms with Gasteiger partial charge in [0.15, 0.2) is 11.5 Å². The van der Waals surface area contributed by atoms with Crippen LogP contribution in [0.4, 0.5) is 19.0 Å². The first-order valence-electron chi connectivity index (χ1n) is 6.73. The van der Waals surface area contributed by atoms with Crippen LogP contribution in [0.5, 0.6) is 0 Å². The molecule has 0 saturated carbocycles. The lowest BCUT2D eigenvalue weighted by Crippen LogP contribution is -2.32. The normalized spacial score (nSPS) is 23.4. The van der Waals surface area contributed by atoms with Crippen LogP contribution >= 0.6 is 0 Å². The Morgan fingerprint density at radius 2 is 2.24 bits per heavy atom. The van der Waals surface area contributed by atoms with Crippen LogP contribution in [0.25, 0.3) is 5.52 Å². The SMILES string of the molecule is CC1CC(Nc2nccn3nc(C(F)(F)F)cc23)CCO1. The fraction of sp³-hybridized carbons (Fsp3) is 0.538. The summed E-state index contributed by atoms with van der Waals surface area (Å²) in [5, 5.41) is 6.74. The van der Waals surface area contributed by atoms with Crippen LogP contribution in [-0.2, 0) is 10.9 Å². The maximum absolute atomic E-state index is 12.7. The molecule has 0 aromatic carbocycles. The van der Waals surface area contributed by atoms with Gasteiger partial charge in [-0.25, -0.2) is 9.50 Å². The zero-order chi connectivity index (χ0) is 15.0. The van der Waals surface area contributed by atoms with Gasteiger partial charge < -0.3 is 10.1 Å². The second-order valence-corrected chi connectivity index (χ2v) is 5.18. The molecule has 8 heteroatoms. The maximum atomic E-state index is 12.7. The second-order valence-electron chi connectivity index (χ2n) is 5.18. The number of fused-ring (bicyclic) bond motifs is 1. The highest BCUT2D eigenvalue weighted by atomic mass is 19.4. The van der Waals surface area contributed by atoms with E-state index >= 15 is 0 Å². The number of rotatable bonds is 2. The Bertz CT molecular complexity index is 640. The number of anilines is 1. The predicted molar refractivity (Wildman–Crippen MR) is 70.0 cm³/mol. The first-order valence-corrected chi connectivity index (χ1v) is 6.73. The van der Waals surface area contributed by atoms with Crippen molar-refractivity contribution >= 4 is 11.3 Å². The van der Waals surface area contributed by atoms with Gasteiger partial charge in [-0.15, -0.1) is 0 Å². The summed E-state index contributed by atoms with van der Waals surface area (Å²) in [7, 11) is 0. The van der Waals surface area contributed by atoms with Gasteiger partial charge in [-0.05, 0) is 19.8 Å². The monoisotopic (exact) mass is 300 g/mol. The van der Waals surface area contributed by atoms with Crippen LogP contribution < -0.4 is 5.32 Å². The molecule has 3 rings (SSSR count). The first kappa shape index (κ1) is 14.1. The van der Waals surface area contributed by atoms with E-state index in [0.717, 1.165) is 18.9 Å². The van der Waals surface area contributed by atoms with Gasteiger partial charge in [-0.3, -0.25) is 0 Å². The summed E-state index contributed by atoms with van der Waals surface area (Å²) in [5.41, 5.74) is -0.595. The van der Waals surface area contributed by atoms with Crippen LogP contribution in [0.3, 0.4) is 0 Å². The van der Waals surface area contributed by atoms with Crippen molar-refractivity contribution in [3.63, 3.8) is 0 Å². The van der Waals surface area contributed by atoms with Crippen molar-refractivity contribution < 1.29 is 17.9 Å². The molecule has 2 unspecified atom stereocenters. The lowest BCUT2D eigenvalue weighted by Gasteiger charge is -2.28. The second kappa shape index (κ2) is 5.18. The minimum absolute atomic E-state index is 0.131. The highest BCUT2D eigenvalue weighted by Gasteiger charge is 2.34. The van der Waals surface area contributed by atoms with Gasteiger partial charge >= 0.3 is 6.18 Å². The van der Waals surface area contributed by atoms with E-state index in [0.29, 0.717) is 17.9 Å². The third-order valence-corrected chi connectivity index (χ3v) is 3.51. The van der Waals surface area contributed by atoms with Crippen molar-refractivity contribution in [2.45, 2.75) is 38.1 Å². The van der Waals surface area contributed by atoms with Gasteiger partial charge in [0.25, 0.3) is 0 Å². The summed E-state index contributed by atoms with van der Waals surface area (Å²) >= 11 is 0. The standard InChI is InChI=1S/C13H15F3N4O/c1-8-6-9(2-5-21-8)18-12-10-7-11(13(14,15)16)19-20(10)4-3-17-12/h3-4,7-9H,2,5-6H2,1H3,(H,17,18). The number of halogens is 3. The molecule has 1 fully saturated rings. The van der Waals surface area contributed by atoms with Crippen molar-refractivity contribution in [1.29, 1.82) is 0 Å². The van der Waals surface area contributed by atoms with Gasteiger partial charge in [0, 0.05) is 31.1 Å². The quantitative estimate of drug-likeness (QED) is 0.926. The molecule has 0 amide bonds.